The van der Waals surface area contributed by atoms with Gasteiger partial charge >= 0.3 is 0 Å². The number of hydrogen-bond donors (Lipinski definition) is 1. The summed E-state index contributed by atoms with van der Waals surface area (Å²) in [5, 5.41) is 3.49. The number of aromatic nitrogens is 1. The maximum absolute atomic E-state index is 4.60. The fourth-order valence-corrected chi connectivity index (χ4v) is 2.96. The predicted octanol–water partition coefficient (Wildman–Crippen LogP) is 2.89. The zero-order chi connectivity index (χ0) is 15.2. The Morgan fingerprint density at radius 3 is 2.25 bits per heavy atom. The molecular formula is C17H31N3. The Bertz CT molecular complexity index is 380. The van der Waals surface area contributed by atoms with Gasteiger partial charge in [-0.2, -0.15) is 0 Å². The van der Waals surface area contributed by atoms with Crippen LogP contribution in [0.3, 0.4) is 0 Å². The van der Waals surface area contributed by atoms with E-state index in [1.54, 1.807) is 0 Å². The highest BCUT2D eigenvalue weighted by Gasteiger charge is 2.33. The van der Waals surface area contributed by atoms with Crippen LogP contribution in [-0.2, 0) is 12.8 Å². The maximum atomic E-state index is 4.60. The standard InChI is InChI=1S/C17H31N3/c1-7-14-10-11-15(19-13-14)12-16(18-6)17(4,5)20(8-2)9-3/h10-11,13,16,18H,7-9,12H2,1-6H3. The van der Waals surface area contributed by atoms with E-state index >= 15 is 0 Å². The summed E-state index contributed by atoms with van der Waals surface area (Å²) in [6, 6.07) is 4.75. The lowest BCUT2D eigenvalue weighted by Gasteiger charge is -2.43. The Labute approximate surface area is 124 Å². The molecule has 1 heterocycles. The number of rotatable bonds is 8. The number of aryl methyl sites for hydroxylation is 1. The molecular weight excluding hydrogens is 246 g/mol. The molecule has 1 aromatic rings. The van der Waals surface area contributed by atoms with Gasteiger partial charge in [-0.05, 0) is 52.0 Å². The first-order valence-electron chi connectivity index (χ1n) is 7.85. The Morgan fingerprint density at radius 1 is 1.20 bits per heavy atom. The second-order valence-electron chi connectivity index (χ2n) is 5.88. The van der Waals surface area contributed by atoms with Gasteiger partial charge in [-0.3, -0.25) is 9.88 Å². The predicted molar refractivity (Wildman–Crippen MR) is 87.2 cm³/mol. The summed E-state index contributed by atoms with van der Waals surface area (Å²) in [4.78, 5) is 7.11. The fraction of sp³-hybridized carbons (Fsp3) is 0.706. The molecule has 1 unspecified atom stereocenters. The molecule has 0 aliphatic heterocycles. The van der Waals surface area contributed by atoms with Crippen molar-refractivity contribution in [1.82, 2.24) is 15.2 Å². The lowest BCUT2D eigenvalue weighted by Crippen LogP contribution is -2.57. The average Bonchev–Trinajstić information content (AvgIpc) is 2.46. The third-order valence-electron chi connectivity index (χ3n) is 4.49. The van der Waals surface area contributed by atoms with Gasteiger partial charge < -0.3 is 5.32 Å². The number of nitrogens with zero attached hydrogens (tertiary/aromatic N) is 2. The van der Waals surface area contributed by atoms with Crippen molar-refractivity contribution in [2.75, 3.05) is 20.1 Å². The van der Waals surface area contributed by atoms with Crippen LogP contribution in [0.1, 0.15) is 45.9 Å². The first kappa shape index (κ1) is 17.1. The molecule has 0 spiro atoms. The lowest BCUT2D eigenvalue weighted by atomic mass is 9.88. The zero-order valence-corrected chi connectivity index (χ0v) is 14.0. The molecule has 0 saturated carbocycles. The van der Waals surface area contributed by atoms with E-state index in [-0.39, 0.29) is 5.54 Å². The van der Waals surface area contributed by atoms with Gasteiger partial charge in [-0.1, -0.05) is 26.8 Å². The van der Waals surface area contributed by atoms with Crippen LogP contribution < -0.4 is 5.32 Å². The molecule has 0 saturated heterocycles. The van der Waals surface area contributed by atoms with Gasteiger partial charge in [-0.15, -0.1) is 0 Å². The molecule has 0 aromatic carbocycles. The molecule has 0 amide bonds. The monoisotopic (exact) mass is 277 g/mol. The SMILES string of the molecule is CCc1ccc(CC(NC)C(C)(C)N(CC)CC)nc1. The third-order valence-corrected chi connectivity index (χ3v) is 4.49. The van der Waals surface area contributed by atoms with E-state index in [1.165, 1.54) is 11.3 Å². The molecule has 1 N–H and O–H groups in total. The smallest absolute Gasteiger partial charge is 0.0420 e. The van der Waals surface area contributed by atoms with E-state index in [4.69, 9.17) is 0 Å². The van der Waals surface area contributed by atoms with Crippen LogP contribution in [0, 0.1) is 0 Å². The van der Waals surface area contributed by atoms with Crippen molar-refractivity contribution in [2.45, 2.75) is 59.0 Å². The summed E-state index contributed by atoms with van der Waals surface area (Å²) in [7, 11) is 2.05. The molecule has 3 nitrogen and oxygen atoms in total. The van der Waals surface area contributed by atoms with Gasteiger partial charge in [-0.25, -0.2) is 0 Å². The highest BCUT2D eigenvalue weighted by molar-refractivity contribution is 5.15. The first-order valence-corrected chi connectivity index (χ1v) is 7.85. The summed E-state index contributed by atoms with van der Waals surface area (Å²) < 4.78 is 0. The minimum absolute atomic E-state index is 0.114. The van der Waals surface area contributed by atoms with Crippen molar-refractivity contribution in [3.8, 4) is 0 Å². The van der Waals surface area contributed by atoms with Crippen LogP contribution in [0.25, 0.3) is 0 Å². The Hall–Kier alpha value is -0.930. The van der Waals surface area contributed by atoms with E-state index < -0.39 is 0 Å². The number of pyridine rings is 1. The van der Waals surface area contributed by atoms with Crippen molar-refractivity contribution in [1.29, 1.82) is 0 Å². The van der Waals surface area contributed by atoms with Gasteiger partial charge in [0.25, 0.3) is 0 Å². The first-order chi connectivity index (χ1) is 9.49. The second kappa shape index (κ2) is 7.75. The van der Waals surface area contributed by atoms with E-state index in [0.29, 0.717) is 6.04 Å². The Balaban J connectivity index is 2.84. The van der Waals surface area contributed by atoms with Gasteiger partial charge in [0.1, 0.15) is 0 Å². The van der Waals surface area contributed by atoms with Gasteiger partial charge in [0.05, 0.1) is 0 Å². The number of hydrogen-bond acceptors (Lipinski definition) is 3. The molecule has 114 valence electrons. The number of nitrogens with one attached hydrogen (secondary N) is 1. The molecule has 1 aromatic heterocycles. The van der Waals surface area contributed by atoms with Crippen LogP contribution in [-0.4, -0.2) is 41.6 Å². The average molecular weight is 277 g/mol. The summed E-state index contributed by atoms with van der Waals surface area (Å²) >= 11 is 0. The molecule has 0 radical (unpaired) electrons. The van der Waals surface area contributed by atoms with E-state index in [2.05, 4.69) is 69.0 Å². The van der Waals surface area contributed by atoms with E-state index in [0.717, 1.165) is 25.9 Å². The van der Waals surface area contributed by atoms with Crippen molar-refractivity contribution in [2.24, 2.45) is 0 Å². The molecule has 20 heavy (non-hydrogen) atoms. The molecule has 3 heteroatoms. The van der Waals surface area contributed by atoms with Gasteiger partial charge in [0.15, 0.2) is 0 Å². The highest BCUT2D eigenvalue weighted by Crippen LogP contribution is 2.21. The minimum atomic E-state index is 0.114. The van der Waals surface area contributed by atoms with Crippen molar-refractivity contribution >= 4 is 0 Å². The van der Waals surface area contributed by atoms with Crippen LogP contribution in [0.4, 0.5) is 0 Å². The van der Waals surface area contributed by atoms with Gasteiger partial charge in [0.2, 0.25) is 0 Å². The maximum Gasteiger partial charge on any atom is 0.0420 e. The zero-order valence-electron chi connectivity index (χ0n) is 14.0. The highest BCUT2D eigenvalue weighted by atomic mass is 15.2. The molecule has 1 rings (SSSR count). The van der Waals surface area contributed by atoms with E-state index in [9.17, 15) is 0 Å². The van der Waals surface area contributed by atoms with Crippen molar-refractivity contribution in [3.63, 3.8) is 0 Å². The summed E-state index contributed by atoms with van der Waals surface area (Å²) in [6.07, 6.45) is 4.02. The van der Waals surface area contributed by atoms with Crippen LogP contribution in [0.5, 0.6) is 0 Å². The van der Waals surface area contributed by atoms with Crippen molar-refractivity contribution < 1.29 is 0 Å². The Morgan fingerprint density at radius 2 is 1.85 bits per heavy atom. The topological polar surface area (TPSA) is 28.2 Å². The summed E-state index contributed by atoms with van der Waals surface area (Å²) in [6.45, 7) is 13.4. The van der Waals surface area contributed by atoms with Crippen molar-refractivity contribution in [3.05, 3.63) is 29.6 Å². The number of likely N-dealkylation sites (N-methyl/N-ethyl adjacent to an activating group) is 2. The Kier molecular flexibility index (Phi) is 6.63. The van der Waals surface area contributed by atoms with Crippen LogP contribution in [0.15, 0.2) is 18.3 Å². The molecule has 1 atom stereocenters. The largest absolute Gasteiger partial charge is 0.315 e. The summed E-state index contributed by atoms with van der Waals surface area (Å²) in [5.74, 6) is 0. The normalized spacial score (nSPS) is 13.8. The molecule has 0 aliphatic carbocycles. The van der Waals surface area contributed by atoms with E-state index in [1.807, 2.05) is 6.20 Å². The summed E-state index contributed by atoms with van der Waals surface area (Å²) in [5.41, 5.74) is 2.59. The second-order valence-corrected chi connectivity index (χ2v) is 5.88. The minimum Gasteiger partial charge on any atom is -0.315 e. The van der Waals surface area contributed by atoms with Gasteiger partial charge in [0, 0.05) is 29.9 Å². The quantitative estimate of drug-likeness (QED) is 0.792. The molecule has 0 fully saturated rings. The van der Waals surface area contributed by atoms with Crippen LogP contribution in [0.2, 0.25) is 0 Å². The fourth-order valence-electron chi connectivity index (χ4n) is 2.96. The molecule has 0 aliphatic rings. The third kappa shape index (κ3) is 4.03. The van der Waals surface area contributed by atoms with Crippen LogP contribution >= 0.6 is 0 Å². The molecule has 0 bridgehead atoms. The lowest BCUT2D eigenvalue weighted by molar-refractivity contribution is 0.0940.